The number of carbonyl (C=O) groups excluding carboxylic acids is 1. The maximum absolute atomic E-state index is 12.4. The molecule has 0 saturated heterocycles. The Morgan fingerprint density at radius 1 is 1.09 bits per heavy atom. The lowest BCUT2D eigenvalue weighted by atomic mass is 9.95. The van der Waals surface area contributed by atoms with Gasteiger partial charge in [0.05, 0.1) is 12.0 Å². The van der Waals surface area contributed by atoms with E-state index in [1.165, 1.54) is 0 Å². The molecule has 2 rings (SSSR count). The third-order valence-corrected chi connectivity index (χ3v) is 4.64. The summed E-state index contributed by atoms with van der Waals surface area (Å²) < 4.78 is 0. The maximum Gasteiger partial charge on any atom is 0.227 e. The number of amides is 1. The van der Waals surface area contributed by atoms with Gasteiger partial charge in [0.1, 0.15) is 0 Å². The number of aliphatic hydroxyl groups excluding tert-OH is 1. The fraction of sp³-hybridized carbons (Fsp3) is 0.316. The lowest BCUT2D eigenvalue weighted by molar-refractivity contribution is -0.123. The Bertz CT molecular complexity index is 613. The van der Waals surface area contributed by atoms with E-state index in [0.29, 0.717) is 0 Å². The van der Waals surface area contributed by atoms with Crippen LogP contribution in [0.5, 0.6) is 0 Å². The molecule has 23 heavy (non-hydrogen) atoms. The van der Waals surface area contributed by atoms with Crippen LogP contribution in [-0.4, -0.2) is 23.8 Å². The van der Waals surface area contributed by atoms with Gasteiger partial charge in [0.2, 0.25) is 5.91 Å². The van der Waals surface area contributed by atoms with Crippen molar-refractivity contribution < 1.29 is 9.90 Å². The molecule has 0 radical (unpaired) electrons. The molecule has 0 aliphatic carbocycles. The Hall–Kier alpha value is -1.78. The van der Waals surface area contributed by atoms with Gasteiger partial charge in [-0.25, -0.2) is 0 Å². The molecule has 1 amide bonds. The van der Waals surface area contributed by atoms with Crippen molar-refractivity contribution in [3.8, 4) is 0 Å². The molecule has 0 saturated carbocycles. The molecule has 4 heteroatoms. The van der Waals surface area contributed by atoms with Crippen molar-refractivity contribution in [2.45, 2.75) is 30.3 Å². The van der Waals surface area contributed by atoms with Gasteiger partial charge in [-0.3, -0.25) is 4.79 Å². The number of thioether (sulfide) groups is 1. The van der Waals surface area contributed by atoms with Gasteiger partial charge in [0, 0.05) is 11.4 Å². The largest absolute Gasteiger partial charge is 0.387 e. The second-order valence-electron chi connectivity index (χ2n) is 5.41. The first-order valence-corrected chi connectivity index (χ1v) is 9.02. The molecule has 0 bridgehead atoms. The van der Waals surface area contributed by atoms with E-state index < -0.39 is 6.10 Å². The third-order valence-electron chi connectivity index (χ3n) is 3.90. The number of rotatable bonds is 7. The Morgan fingerprint density at radius 2 is 1.74 bits per heavy atom. The molecule has 0 fully saturated rings. The molecule has 2 atom stereocenters. The molecule has 0 spiro atoms. The van der Waals surface area contributed by atoms with Crippen molar-refractivity contribution in [2.75, 3.05) is 12.8 Å². The Labute approximate surface area is 142 Å². The molecule has 122 valence electrons. The predicted octanol–water partition coefficient (Wildman–Crippen LogP) is 3.75. The van der Waals surface area contributed by atoms with Crippen LogP contribution in [0.1, 0.15) is 36.5 Å². The summed E-state index contributed by atoms with van der Waals surface area (Å²) in [4.78, 5) is 13.5. The minimum absolute atomic E-state index is 0.0431. The monoisotopic (exact) mass is 329 g/mol. The fourth-order valence-corrected chi connectivity index (χ4v) is 2.93. The fourth-order valence-electron chi connectivity index (χ4n) is 2.52. The van der Waals surface area contributed by atoms with E-state index in [1.54, 1.807) is 11.8 Å². The van der Waals surface area contributed by atoms with Gasteiger partial charge in [-0.2, -0.15) is 0 Å². The van der Waals surface area contributed by atoms with Gasteiger partial charge in [0.25, 0.3) is 0 Å². The van der Waals surface area contributed by atoms with E-state index in [2.05, 4.69) is 5.32 Å². The zero-order chi connectivity index (χ0) is 16.7. The third kappa shape index (κ3) is 4.85. The van der Waals surface area contributed by atoms with Crippen molar-refractivity contribution in [3.05, 3.63) is 65.7 Å². The van der Waals surface area contributed by atoms with Gasteiger partial charge in [-0.05, 0) is 35.9 Å². The van der Waals surface area contributed by atoms with Crippen LogP contribution in [0.15, 0.2) is 59.5 Å². The Kier molecular flexibility index (Phi) is 6.68. The normalized spacial score (nSPS) is 13.3. The van der Waals surface area contributed by atoms with Gasteiger partial charge >= 0.3 is 0 Å². The van der Waals surface area contributed by atoms with E-state index in [-0.39, 0.29) is 18.4 Å². The molecule has 2 aromatic rings. The molecule has 0 aliphatic heterocycles. The number of benzene rings is 2. The van der Waals surface area contributed by atoms with Crippen molar-refractivity contribution in [3.63, 3.8) is 0 Å². The van der Waals surface area contributed by atoms with Crippen LogP contribution >= 0.6 is 11.8 Å². The number of hydrogen-bond acceptors (Lipinski definition) is 3. The molecule has 2 N–H and O–H groups in total. The van der Waals surface area contributed by atoms with Crippen molar-refractivity contribution in [1.29, 1.82) is 0 Å². The summed E-state index contributed by atoms with van der Waals surface area (Å²) in [6, 6.07) is 17.5. The summed E-state index contributed by atoms with van der Waals surface area (Å²) in [6.45, 7) is 2.22. The van der Waals surface area contributed by atoms with E-state index in [0.717, 1.165) is 22.4 Å². The second kappa shape index (κ2) is 8.75. The van der Waals surface area contributed by atoms with Crippen molar-refractivity contribution in [2.24, 2.45) is 0 Å². The van der Waals surface area contributed by atoms with E-state index in [1.807, 2.05) is 67.8 Å². The van der Waals surface area contributed by atoms with Gasteiger partial charge in [-0.15, -0.1) is 11.8 Å². The highest BCUT2D eigenvalue weighted by molar-refractivity contribution is 7.98. The molecule has 0 heterocycles. The summed E-state index contributed by atoms with van der Waals surface area (Å²) in [6.07, 6.45) is 2.05. The van der Waals surface area contributed by atoms with Crippen molar-refractivity contribution in [1.82, 2.24) is 5.32 Å². The number of hydrogen-bond donors (Lipinski definition) is 2. The lowest BCUT2D eigenvalue weighted by Crippen LogP contribution is -2.32. The molecule has 0 aromatic heterocycles. The quantitative estimate of drug-likeness (QED) is 0.761. The minimum Gasteiger partial charge on any atom is -0.387 e. The number of nitrogens with one attached hydrogen (secondary N) is 1. The average Bonchev–Trinajstić information content (AvgIpc) is 2.61. The molecule has 0 unspecified atom stereocenters. The number of carbonyl (C=O) groups is 1. The predicted molar refractivity (Wildman–Crippen MR) is 95.7 cm³/mol. The van der Waals surface area contributed by atoms with Gasteiger partial charge in [-0.1, -0.05) is 49.4 Å². The van der Waals surface area contributed by atoms with E-state index >= 15 is 0 Å². The zero-order valence-electron chi connectivity index (χ0n) is 13.5. The molecular formula is C19H23NO2S. The van der Waals surface area contributed by atoms with Gasteiger partial charge in [0.15, 0.2) is 0 Å². The molecule has 3 nitrogen and oxygen atoms in total. The van der Waals surface area contributed by atoms with E-state index in [4.69, 9.17) is 0 Å². The second-order valence-corrected chi connectivity index (χ2v) is 6.29. The van der Waals surface area contributed by atoms with Crippen molar-refractivity contribution >= 4 is 17.7 Å². The van der Waals surface area contributed by atoms with Crippen LogP contribution in [0.4, 0.5) is 0 Å². The summed E-state index contributed by atoms with van der Waals surface area (Å²) >= 11 is 1.66. The SMILES string of the molecule is CC[C@@H](C(=O)NC[C@H](O)c1ccc(SC)cc1)c1ccccc1. The smallest absolute Gasteiger partial charge is 0.227 e. The zero-order valence-corrected chi connectivity index (χ0v) is 14.3. The summed E-state index contributed by atoms with van der Waals surface area (Å²) in [5, 5.41) is 13.1. The number of aliphatic hydroxyl groups is 1. The first kappa shape index (κ1) is 17.6. The molecule has 2 aromatic carbocycles. The summed E-state index contributed by atoms with van der Waals surface area (Å²) in [7, 11) is 0. The van der Waals surface area contributed by atoms with Crippen LogP contribution in [0.2, 0.25) is 0 Å². The highest BCUT2D eigenvalue weighted by Crippen LogP contribution is 2.21. The average molecular weight is 329 g/mol. The van der Waals surface area contributed by atoms with Gasteiger partial charge < -0.3 is 10.4 Å². The first-order chi connectivity index (χ1) is 11.2. The maximum atomic E-state index is 12.4. The highest BCUT2D eigenvalue weighted by Gasteiger charge is 2.19. The molecule has 0 aliphatic rings. The standard InChI is InChI=1S/C19H23NO2S/c1-3-17(14-7-5-4-6-8-14)19(22)20-13-18(21)15-9-11-16(23-2)12-10-15/h4-12,17-18,21H,3,13H2,1-2H3,(H,20,22)/t17-,18+/m1/s1. The Balaban J connectivity index is 1.94. The minimum atomic E-state index is -0.692. The van der Waals surface area contributed by atoms with E-state index in [9.17, 15) is 9.90 Å². The summed E-state index contributed by atoms with van der Waals surface area (Å²) in [5.41, 5.74) is 1.82. The van der Waals surface area contributed by atoms with Crippen LogP contribution < -0.4 is 5.32 Å². The summed E-state index contributed by atoms with van der Waals surface area (Å²) in [5.74, 6) is -0.222. The lowest BCUT2D eigenvalue weighted by Gasteiger charge is -2.18. The Morgan fingerprint density at radius 3 is 2.30 bits per heavy atom. The first-order valence-electron chi connectivity index (χ1n) is 7.80. The van der Waals surface area contributed by atoms with Crippen LogP contribution in [0.3, 0.4) is 0 Å². The van der Waals surface area contributed by atoms with Crippen LogP contribution in [0.25, 0.3) is 0 Å². The van der Waals surface area contributed by atoms with Crippen LogP contribution in [-0.2, 0) is 4.79 Å². The molecular weight excluding hydrogens is 306 g/mol. The topological polar surface area (TPSA) is 49.3 Å². The highest BCUT2D eigenvalue weighted by atomic mass is 32.2. The van der Waals surface area contributed by atoms with Crippen LogP contribution in [0, 0.1) is 0 Å².